The first kappa shape index (κ1) is 14.1. The number of aromatic nitrogens is 2. The molecule has 1 aromatic heterocycles. The summed E-state index contributed by atoms with van der Waals surface area (Å²) < 4.78 is 9.71. The maximum atomic E-state index is 5.39. The van der Waals surface area contributed by atoms with E-state index < -0.39 is 0 Å². The maximum absolute atomic E-state index is 5.39. The zero-order valence-electron chi connectivity index (χ0n) is 11.0. The van der Waals surface area contributed by atoms with Crippen molar-refractivity contribution in [2.45, 2.75) is 33.1 Å². The minimum atomic E-state index is 0.00683. The molecule has 0 unspecified atom stereocenters. The highest BCUT2D eigenvalue weighted by Gasteiger charge is 2.19. The average molecular weight is 255 g/mol. The minimum Gasteiger partial charge on any atom is -0.375 e. The highest BCUT2D eigenvalue weighted by Crippen LogP contribution is 2.22. The van der Waals surface area contributed by atoms with Gasteiger partial charge in [0.1, 0.15) is 5.82 Å². The van der Waals surface area contributed by atoms with Crippen LogP contribution in [0.5, 0.6) is 0 Å². The number of nitrogens with one attached hydrogen (secondary N) is 1. The van der Waals surface area contributed by atoms with Crippen molar-refractivity contribution < 1.29 is 4.74 Å². The number of ether oxygens (including phenoxy) is 1. The van der Waals surface area contributed by atoms with E-state index >= 15 is 0 Å². The van der Waals surface area contributed by atoms with Gasteiger partial charge >= 0.3 is 0 Å². The Kier molecular flexibility index (Phi) is 5.08. The molecule has 5 heteroatoms. The Morgan fingerprint density at radius 1 is 1.47 bits per heavy atom. The molecule has 0 saturated heterocycles. The first-order valence-electron chi connectivity index (χ1n) is 5.70. The summed E-state index contributed by atoms with van der Waals surface area (Å²) in [5, 5.41) is 4.06. The molecule has 1 rings (SSSR count). The minimum absolute atomic E-state index is 0.00683. The molecule has 0 aromatic carbocycles. The van der Waals surface area contributed by atoms with E-state index in [1.54, 1.807) is 0 Å². The Morgan fingerprint density at radius 3 is 2.71 bits per heavy atom. The van der Waals surface area contributed by atoms with Crippen LogP contribution in [0.4, 0.5) is 5.13 Å². The van der Waals surface area contributed by atoms with Gasteiger partial charge in [0.15, 0.2) is 0 Å². The van der Waals surface area contributed by atoms with Gasteiger partial charge in [-0.05, 0) is 6.92 Å². The smallest absolute Gasteiger partial charge is 0.202 e. The van der Waals surface area contributed by atoms with Gasteiger partial charge in [-0.25, -0.2) is 4.98 Å². The van der Waals surface area contributed by atoms with Crippen molar-refractivity contribution in [2.75, 3.05) is 25.1 Å². The quantitative estimate of drug-likeness (QED) is 0.627. The molecule has 0 bridgehead atoms. The lowest BCUT2D eigenvalue weighted by Crippen LogP contribution is -2.14. The summed E-state index contributed by atoms with van der Waals surface area (Å²) >= 11 is 1.40. The number of nitrogens with zero attached hydrogens (tertiary/aromatic N) is 2. The zero-order valence-corrected chi connectivity index (χ0v) is 11.9. The fourth-order valence-corrected chi connectivity index (χ4v) is 1.86. The predicted octanol–water partition coefficient (Wildman–Crippen LogP) is 2.84. The molecule has 0 fully saturated rings. The van der Waals surface area contributed by atoms with Crippen molar-refractivity contribution in [2.24, 2.45) is 0 Å². The summed E-state index contributed by atoms with van der Waals surface area (Å²) in [4.78, 5) is 4.44. The van der Waals surface area contributed by atoms with Gasteiger partial charge in [0.25, 0.3) is 0 Å². The van der Waals surface area contributed by atoms with E-state index in [0.717, 1.165) is 23.1 Å². The van der Waals surface area contributed by atoms with Gasteiger partial charge in [0, 0.05) is 23.5 Å². The van der Waals surface area contributed by atoms with Crippen LogP contribution in [-0.4, -0.2) is 29.1 Å². The number of hydrogen-bond acceptors (Lipinski definition) is 5. The second kappa shape index (κ2) is 6.12. The topological polar surface area (TPSA) is 47.0 Å². The Bertz CT molecular complexity index is 368. The summed E-state index contributed by atoms with van der Waals surface area (Å²) in [7, 11) is 0. The highest BCUT2D eigenvalue weighted by atomic mass is 32.1. The van der Waals surface area contributed by atoms with Crippen LogP contribution < -0.4 is 5.32 Å². The van der Waals surface area contributed by atoms with Gasteiger partial charge in [-0.3, -0.25) is 0 Å². The van der Waals surface area contributed by atoms with E-state index in [4.69, 9.17) is 4.74 Å². The van der Waals surface area contributed by atoms with Crippen molar-refractivity contribution >= 4 is 16.7 Å². The van der Waals surface area contributed by atoms with Gasteiger partial charge in [0.05, 0.1) is 13.2 Å². The second-order valence-corrected chi connectivity index (χ2v) is 5.86. The monoisotopic (exact) mass is 255 g/mol. The molecule has 1 aromatic rings. The fourth-order valence-electron chi connectivity index (χ4n) is 1.08. The van der Waals surface area contributed by atoms with Gasteiger partial charge in [-0.15, -0.1) is 0 Å². The fraction of sp³-hybridized carbons (Fsp3) is 0.667. The zero-order chi connectivity index (χ0) is 12.9. The van der Waals surface area contributed by atoms with Crippen LogP contribution in [0, 0.1) is 0 Å². The summed E-state index contributed by atoms with van der Waals surface area (Å²) in [6.07, 6.45) is 0. The van der Waals surface area contributed by atoms with Crippen LogP contribution >= 0.6 is 11.5 Å². The Morgan fingerprint density at radius 2 is 2.18 bits per heavy atom. The van der Waals surface area contributed by atoms with Crippen LogP contribution in [0.15, 0.2) is 12.2 Å². The third-order valence-corrected chi connectivity index (χ3v) is 2.64. The van der Waals surface area contributed by atoms with Crippen LogP contribution in [0.1, 0.15) is 33.5 Å². The molecule has 0 spiro atoms. The molecule has 0 aliphatic carbocycles. The van der Waals surface area contributed by atoms with Gasteiger partial charge in [-0.1, -0.05) is 32.9 Å². The molecule has 1 heterocycles. The first-order valence-corrected chi connectivity index (χ1v) is 6.47. The summed E-state index contributed by atoms with van der Waals surface area (Å²) in [5.41, 5.74) is 1.04. The van der Waals surface area contributed by atoms with Gasteiger partial charge in [0.2, 0.25) is 5.13 Å². The van der Waals surface area contributed by atoms with E-state index in [0.29, 0.717) is 13.2 Å². The molecule has 1 N–H and O–H groups in total. The summed E-state index contributed by atoms with van der Waals surface area (Å²) in [6.45, 7) is 14.1. The number of hydrogen-bond donors (Lipinski definition) is 1. The molecular weight excluding hydrogens is 234 g/mol. The first-order chi connectivity index (χ1) is 7.89. The molecule has 0 atom stereocenters. The predicted molar refractivity (Wildman–Crippen MR) is 72.7 cm³/mol. The van der Waals surface area contributed by atoms with Crippen molar-refractivity contribution in [3.05, 3.63) is 18.0 Å². The largest absolute Gasteiger partial charge is 0.375 e. The van der Waals surface area contributed by atoms with E-state index in [-0.39, 0.29) is 5.41 Å². The molecule has 0 aliphatic rings. The Balaban J connectivity index is 2.28. The highest BCUT2D eigenvalue weighted by molar-refractivity contribution is 7.09. The SMILES string of the molecule is C=C(C)COCCNc1nc(C(C)(C)C)ns1. The molecule has 0 saturated carbocycles. The third kappa shape index (κ3) is 5.28. The Hall–Kier alpha value is -0.940. The van der Waals surface area contributed by atoms with Crippen molar-refractivity contribution in [3.63, 3.8) is 0 Å². The molecule has 17 heavy (non-hydrogen) atoms. The normalized spacial score (nSPS) is 11.5. The van der Waals surface area contributed by atoms with Crippen molar-refractivity contribution in [3.8, 4) is 0 Å². The lowest BCUT2D eigenvalue weighted by atomic mass is 9.96. The van der Waals surface area contributed by atoms with Gasteiger partial charge < -0.3 is 10.1 Å². The van der Waals surface area contributed by atoms with Crippen molar-refractivity contribution in [1.29, 1.82) is 0 Å². The lowest BCUT2D eigenvalue weighted by Gasteiger charge is -2.12. The summed E-state index contributed by atoms with van der Waals surface area (Å²) in [5.74, 6) is 0.882. The van der Waals surface area contributed by atoms with Crippen molar-refractivity contribution in [1.82, 2.24) is 9.36 Å². The molecule has 0 radical (unpaired) electrons. The second-order valence-electron chi connectivity index (χ2n) is 5.11. The number of rotatable bonds is 6. The molecule has 96 valence electrons. The molecule has 4 nitrogen and oxygen atoms in total. The molecular formula is C12H21N3OS. The van der Waals surface area contributed by atoms with E-state index in [1.165, 1.54) is 11.5 Å². The van der Waals surface area contributed by atoms with Crippen LogP contribution in [0.3, 0.4) is 0 Å². The van der Waals surface area contributed by atoms with Crippen LogP contribution in [0.25, 0.3) is 0 Å². The number of anilines is 1. The summed E-state index contributed by atoms with van der Waals surface area (Å²) in [6, 6.07) is 0. The maximum Gasteiger partial charge on any atom is 0.202 e. The van der Waals surface area contributed by atoms with E-state index in [1.807, 2.05) is 6.92 Å². The molecule has 0 aliphatic heterocycles. The van der Waals surface area contributed by atoms with Crippen LogP contribution in [-0.2, 0) is 10.2 Å². The average Bonchev–Trinajstić information content (AvgIpc) is 2.64. The Labute approximate surface area is 107 Å². The standard InChI is InChI=1S/C12H21N3OS/c1-9(2)8-16-7-6-13-11-14-10(15-17-11)12(3,4)5/h1,6-8H2,2-5H3,(H,13,14,15). The van der Waals surface area contributed by atoms with E-state index in [2.05, 4.69) is 42.0 Å². The lowest BCUT2D eigenvalue weighted by molar-refractivity contribution is 0.167. The third-order valence-electron chi connectivity index (χ3n) is 1.97. The molecule has 0 amide bonds. The van der Waals surface area contributed by atoms with Gasteiger partial charge in [-0.2, -0.15) is 4.37 Å². The van der Waals surface area contributed by atoms with Crippen LogP contribution in [0.2, 0.25) is 0 Å². The van der Waals surface area contributed by atoms with E-state index in [9.17, 15) is 0 Å².